The highest BCUT2D eigenvalue weighted by Crippen LogP contribution is 2.32. The third kappa shape index (κ3) is 3.71. The highest BCUT2D eigenvalue weighted by atomic mass is 15.2. The average molecular weight is 252 g/mol. The molecule has 0 radical (unpaired) electrons. The molecule has 2 nitrogen and oxygen atoms in total. The van der Waals surface area contributed by atoms with Crippen molar-refractivity contribution < 1.29 is 0 Å². The molecule has 1 saturated heterocycles. The molecular formula is C16H32N2. The zero-order valence-electron chi connectivity index (χ0n) is 12.6. The Morgan fingerprint density at radius 1 is 1.17 bits per heavy atom. The van der Waals surface area contributed by atoms with Gasteiger partial charge in [-0.3, -0.25) is 4.90 Å². The van der Waals surface area contributed by atoms with E-state index in [2.05, 4.69) is 31.0 Å². The van der Waals surface area contributed by atoms with E-state index in [4.69, 9.17) is 0 Å². The predicted molar refractivity (Wildman–Crippen MR) is 78.9 cm³/mol. The number of hydrogen-bond donors (Lipinski definition) is 1. The van der Waals surface area contributed by atoms with Crippen LogP contribution in [0.1, 0.15) is 59.3 Å². The van der Waals surface area contributed by atoms with Crippen LogP contribution in [0.25, 0.3) is 0 Å². The molecule has 0 bridgehead atoms. The Morgan fingerprint density at radius 2 is 2.00 bits per heavy atom. The van der Waals surface area contributed by atoms with Crippen molar-refractivity contribution in [2.24, 2.45) is 11.8 Å². The standard InChI is InChI=1S/C16H32N2/c1-4-18(12-15-8-6-10-17-15)16-9-5-7-14(11-16)13(2)3/h13-17H,4-12H2,1-3H3. The molecule has 0 amide bonds. The molecule has 1 saturated carbocycles. The monoisotopic (exact) mass is 252 g/mol. The summed E-state index contributed by atoms with van der Waals surface area (Å²) in [6.45, 7) is 10.9. The van der Waals surface area contributed by atoms with Gasteiger partial charge in [-0.2, -0.15) is 0 Å². The summed E-state index contributed by atoms with van der Waals surface area (Å²) in [6, 6.07) is 1.63. The first-order chi connectivity index (χ1) is 8.70. The summed E-state index contributed by atoms with van der Waals surface area (Å²) in [5, 5.41) is 3.65. The molecule has 1 heterocycles. The van der Waals surface area contributed by atoms with Gasteiger partial charge in [-0.1, -0.05) is 33.6 Å². The van der Waals surface area contributed by atoms with Crippen LogP contribution >= 0.6 is 0 Å². The zero-order valence-corrected chi connectivity index (χ0v) is 12.6. The zero-order chi connectivity index (χ0) is 13.0. The maximum Gasteiger partial charge on any atom is 0.0195 e. The molecule has 3 unspecified atom stereocenters. The molecule has 2 fully saturated rings. The fourth-order valence-corrected chi connectivity index (χ4v) is 3.87. The first kappa shape index (κ1) is 14.3. The lowest BCUT2D eigenvalue weighted by Crippen LogP contribution is -2.45. The Kier molecular flexibility index (Phi) is 5.50. The minimum Gasteiger partial charge on any atom is -0.313 e. The maximum absolute atomic E-state index is 3.65. The fraction of sp³-hybridized carbons (Fsp3) is 1.00. The van der Waals surface area contributed by atoms with E-state index >= 15 is 0 Å². The third-order valence-electron chi connectivity index (χ3n) is 5.17. The number of likely N-dealkylation sites (N-methyl/N-ethyl adjacent to an activating group) is 1. The predicted octanol–water partition coefficient (Wildman–Crippen LogP) is 3.28. The molecule has 0 aromatic carbocycles. The normalized spacial score (nSPS) is 33.5. The molecule has 2 aliphatic rings. The van der Waals surface area contributed by atoms with E-state index in [9.17, 15) is 0 Å². The maximum atomic E-state index is 3.65. The summed E-state index contributed by atoms with van der Waals surface area (Å²) < 4.78 is 0. The van der Waals surface area contributed by atoms with Crippen LogP contribution < -0.4 is 5.32 Å². The van der Waals surface area contributed by atoms with Crippen molar-refractivity contribution >= 4 is 0 Å². The summed E-state index contributed by atoms with van der Waals surface area (Å²) in [7, 11) is 0. The molecule has 18 heavy (non-hydrogen) atoms. The van der Waals surface area contributed by atoms with Crippen LogP contribution in [-0.2, 0) is 0 Å². The van der Waals surface area contributed by atoms with Crippen LogP contribution in [0.5, 0.6) is 0 Å². The summed E-state index contributed by atoms with van der Waals surface area (Å²) in [6.07, 6.45) is 8.55. The number of rotatable bonds is 5. The first-order valence-electron chi connectivity index (χ1n) is 8.18. The summed E-state index contributed by atoms with van der Waals surface area (Å²) in [4.78, 5) is 2.76. The Labute approximate surface area is 114 Å². The molecule has 0 aromatic rings. The van der Waals surface area contributed by atoms with E-state index in [-0.39, 0.29) is 0 Å². The van der Waals surface area contributed by atoms with Gasteiger partial charge in [0, 0.05) is 18.6 Å². The van der Waals surface area contributed by atoms with Gasteiger partial charge in [-0.05, 0) is 50.6 Å². The van der Waals surface area contributed by atoms with E-state index in [1.165, 1.54) is 58.2 Å². The summed E-state index contributed by atoms with van der Waals surface area (Å²) in [5.74, 6) is 1.84. The molecule has 1 aliphatic carbocycles. The van der Waals surface area contributed by atoms with Crippen LogP contribution in [-0.4, -0.2) is 36.6 Å². The Bertz CT molecular complexity index is 231. The number of nitrogens with zero attached hydrogens (tertiary/aromatic N) is 1. The summed E-state index contributed by atoms with van der Waals surface area (Å²) >= 11 is 0. The number of nitrogens with one attached hydrogen (secondary N) is 1. The third-order valence-corrected chi connectivity index (χ3v) is 5.17. The van der Waals surface area contributed by atoms with E-state index in [0.717, 1.165) is 23.9 Å². The smallest absolute Gasteiger partial charge is 0.0195 e. The minimum absolute atomic E-state index is 0.768. The van der Waals surface area contributed by atoms with Gasteiger partial charge in [0.1, 0.15) is 0 Å². The van der Waals surface area contributed by atoms with Crippen molar-refractivity contribution in [3.8, 4) is 0 Å². The van der Waals surface area contributed by atoms with Crippen LogP contribution in [0, 0.1) is 11.8 Å². The lowest BCUT2D eigenvalue weighted by atomic mass is 9.78. The molecule has 0 spiro atoms. The van der Waals surface area contributed by atoms with Gasteiger partial charge in [0.15, 0.2) is 0 Å². The van der Waals surface area contributed by atoms with Crippen molar-refractivity contribution in [1.29, 1.82) is 0 Å². The summed E-state index contributed by atoms with van der Waals surface area (Å²) in [5.41, 5.74) is 0. The quantitative estimate of drug-likeness (QED) is 0.808. The van der Waals surface area contributed by atoms with Gasteiger partial charge in [0.25, 0.3) is 0 Å². The first-order valence-corrected chi connectivity index (χ1v) is 8.18. The van der Waals surface area contributed by atoms with E-state index in [1.54, 1.807) is 0 Å². The van der Waals surface area contributed by atoms with Crippen LogP contribution in [0.4, 0.5) is 0 Å². The fourth-order valence-electron chi connectivity index (χ4n) is 3.87. The van der Waals surface area contributed by atoms with Gasteiger partial charge in [0.05, 0.1) is 0 Å². The van der Waals surface area contributed by atoms with Gasteiger partial charge in [0.2, 0.25) is 0 Å². The second-order valence-electron chi connectivity index (χ2n) is 6.71. The second-order valence-corrected chi connectivity index (χ2v) is 6.71. The van der Waals surface area contributed by atoms with Crippen LogP contribution in [0.3, 0.4) is 0 Å². The molecule has 0 aromatic heterocycles. The van der Waals surface area contributed by atoms with Gasteiger partial charge in [-0.25, -0.2) is 0 Å². The molecular weight excluding hydrogens is 220 g/mol. The highest BCUT2D eigenvalue weighted by Gasteiger charge is 2.29. The Morgan fingerprint density at radius 3 is 2.61 bits per heavy atom. The lowest BCUT2D eigenvalue weighted by molar-refractivity contribution is 0.111. The molecule has 106 valence electrons. The highest BCUT2D eigenvalue weighted by molar-refractivity contribution is 4.85. The van der Waals surface area contributed by atoms with E-state index in [0.29, 0.717) is 0 Å². The van der Waals surface area contributed by atoms with Crippen molar-refractivity contribution in [3.63, 3.8) is 0 Å². The number of hydrogen-bond acceptors (Lipinski definition) is 2. The Balaban J connectivity index is 1.85. The van der Waals surface area contributed by atoms with Crippen LogP contribution in [0.15, 0.2) is 0 Å². The molecule has 2 rings (SSSR count). The lowest BCUT2D eigenvalue weighted by Gasteiger charge is -2.39. The van der Waals surface area contributed by atoms with Crippen molar-refractivity contribution in [2.45, 2.75) is 71.4 Å². The van der Waals surface area contributed by atoms with Crippen molar-refractivity contribution in [3.05, 3.63) is 0 Å². The largest absolute Gasteiger partial charge is 0.313 e. The topological polar surface area (TPSA) is 15.3 Å². The minimum atomic E-state index is 0.768. The Hall–Kier alpha value is -0.0800. The van der Waals surface area contributed by atoms with Gasteiger partial charge >= 0.3 is 0 Å². The van der Waals surface area contributed by atoms with Crippen molar-refractivity contribution in [2.75, 3.05) is 19.6 Å². The molecule has 2 heteroatoms. The molecule has 1 N–H and O–H groups in total. The van der Waals surface area contributed by atoms with Gasteiger partial charge in [-0.15, -0.1) is 0 Å². The molecule has 1 aliphatic heterocycles. The van der Waals surface area contributed by atoms with E-state index < -0.39 is 0 Å². The van der Waals surface area contributed by atoms with E-state index in [1.807, 2.05) is 0 Å². The molecule has 3 atom stereocenters. The SMILES string of the molecule is CCN(CC1CCCN1)C1CCCC(C(C)C)C1. The van der Waals surface area contributed by atoms with Gasteiger partial charge < -0.3 is 5.32 Å². The van der Waals surface area contributed by atoms with Crippen molar-refractivity contribution in [1.82, 2.24) is 10.2 Å². The van der Waals surface area contributed by atoms with Crippen LogP contribution in [0.2, 0.25) is 0 Å². The average Bonchev–Trinajstić information content (AvgIpc) is 2.89. The second kappa shape index (κ2) is 6.91.